The quantitative estimate of drug-likeness (QED) is 0.574. The van der Waals surface area contributed by atoms with Crippen molar-refractivity contribution in [1.82, 2.24) is 5.32 Å². The van der Waals surface area contributed by atoms with Gasteiger partial charge in [0, 0.05) is 13.0 Å². The van der Waals surface area contributed by atoms with Gasteiger partial charge in [0.25, 0.3) is 0 Å². The first-order chi connectivity index (χ1) is 9.85. The molecule has 6 N–H and O–H groups in total. The lowest BCUT2D eigenvalue weighted by Crippen LogP contribution is -2.51. The predicted octanol–water partition coefficient (Wildman–Crippen LogP) is 0.241. The molecule has 1 aromatic rings. The highest BCUT2D eigenvalue weighted by molar-refractivity contribution is 5.87. The molecule has 0 fully saturated rings. The highest BCUT2D eigenvalue weighted by Crippen LogP contribution is 2.08. The molecule has 0 saturated heterocycles. The van der Waals surface area contributed by atoms with Crippen LogP contribution in [0.1, 0.15) is 25.0 Å². The minimum atomic E-state index is -1.09. The van der Waals surface area contributed by atoms with Crippen LogP contribution in [0.4, 0.5) is 0 Å². The Morgan fingerprint density at radius 1 is 1.29 bits per heavy atom. The first-order valence-electron chi connectivity index (χ1n) is 6.91. The van der Waals surface area contributed by atoms with Crippen LogP contribution in [0.3, 0.4) is 0 Å². The number of nitrogens with two attached hydrogens (primary N) is 2. The van der Waals surface area contributed by atoms with Crippen LogP contribution in [-0.4, -0.2) is 29.1 Å². The molecule has 0 heterocycles. The molecule has 0 aliphatic carbocycles. The summed E-state index contributed by atoms with van der Waals surface area (Å²) in [6.45, 7) is 4.01. The summed E-state index contributed by atoms with van der Waals surface area (Å²) in [6, 6.07) is 5.61. The number of hydrogen-bond acceptors (Lipinski definition) is 4. The maximum absolute atomic E-state index is 11.9. The fourth-order valence-corrected chi connectivity index (χ4v) is 1.89. The molecule has 116 valence electrons. The molecule has 6 nitrogen and oxygen atoms in total. The van der Waals surface area contributed by atoms with Gasteiger partial charge in [0.15, 0.2) is 0 Å². The molecule has 0 radical (unpaired) electrons. The van der Waals surface area contributed by atoms with Crippen LogP contribution in [-0.2, 0) is 22.6 Å². The Balaban J connectivity index is 2.78. The van der Waals surface area contributed by atoms with Crippen molar-refractivity contribution in [2.75, 3.05) is 0 Å². The Morgan fingerprint density at radius 3 is 2.43 bits per heavy atom. The van der Waals surface area contributed by atoms with E-state index in [2.05, 4.69) is 5.32 Å². The summed E-state index contributed by atoms with van der Waals surface area (Å²) in [5.41, 5.74) is 13.0. The van der Waals surface area contributed by atoms with Gasteiger partial charge in [-0.15, -0.1) is 0 Å². The van der Waals surface area contributed by atoms with E-state index in [4.69, 9.17) is 11.5 Å². The van der Waals surface area contributed by atoms with Crippen molar-refractivity contribution in [3.05, 3.63) is 35.4 Å². The van der Waals surface area contributed by atoms with E-state index in [-0.39, 0.29) is 12.3 Å². The molecule has 0 bridgehead atoms. The summed E-state index contributed by atoms with van der Waals surface area (Å²) in [6.07, 6.45) is 0.194. The summed E-state index contributed by atoms with van der Waals surface area (Å²) in [5, 5.41) is 11.7. The highest BCUT2D eigenvalue weighted by atomic mass is 16.4. The van der Waals surface area contributed by atoms with Crippen LogP contribution in [0, 0.1) is 5.92 Å². The average Bonchev–Trinajstić information content (AvgIpc) is 2.45. The minimum Gasteiger partial charge on any atom is -0.480 e. The fraction of sp³-hybridized carbons (Fsp3) is 0.467. The Labute approximate surface area is 124 Å². The summed E-state index contributed by atoms with van der Waals surface area (Å²) < 4.78 is 0. The van der Waals surface area contributed by atoms with E-state index in [0.29, 0.717) is 6.54 Å². The van der Waals surface area contributed by atoms with Gasteiger partial charge in [0.05, 0.1) is 6.04 Å². The van der Waals surface area contributed by atoms with Crippen molar-refractivity contribution < 1.29 is 14.7 Å². The topological polar surface area (TPSA) is 118 Å². The molecule has 1 rings (SSSR count). The van der Waals surface area contributed by atoms with Gasteiger partial charge in [-0.3, -0.25) is 4.79 Å². The first-order valence-corrected chi connectivity index (χ1v) is 6.91. The molecule has 0 saturated carbocycles. The molecular weight excluding hydrogens is 270 g/mol. The fourth-order valence-electron chi connectivity index (χ4n) is 1.89. The number of rotatable bonds is 7. The number of hydrogen-bond donors (Lipinski definition) is 4. The second-order valence-corrected chi connectivity index (χ2v) is 5.40. The SMILES string of the molecule is CC(C)[C@H](N)C(=O)N[C@@H](Cc1cccc(CN)c1)C(=O)O. The maximum atomic E-state index is 11.9. The summed E-state index contributed by atoms with van der Waals surface area (Å²) in [5.74, 6) is -1.59. The lowest BCUT2D eigenvalue weighted by Gasteiger charge is -2.20. The number of benzene rings is 1. The third-order valence-corrected chi connectivity index (χ3v) is 3.30. The summed E-state index contributed by atoms with van der Waals surface area (Å²) >= 11 is 0. The number of amides is 1. The van der Waals surface area contributed by atoms with E-state index in [1.807, 2.05) is 38.1 Å². The number of carboxylic acid groups (broad SMARTS) is 1. The van der Waals surface area contributed by atoms with Crippen molar-refractivity contribution in [3.63, 3.8) is 0 Å². The smallest absolute Gasteiger partial charge is 0.326 e. The Bertz CT molecular complexity index is 503. The van der Waals surface area contributed by atoms with E-state index in [1.165, 1.54) is 0 Å². The lowest BCUT2D eigenvalue weighted by atomic mass is 10.0. The van der Waals surface area contributed by atoms with Crippen LogP contribution >= 0.6 is 0 Å². The molecule has 21 heavy (non-hydrogen) atoms. The molecule has 1 aromatic carbocycles. The van der Waals surface area contributed by atoms with E-state index in [1.54, 1.807) is 0 Å². The largest absolute Gasteiger partial charge is 0.480 e. The van der Waals surface area contributed by atoms with Crippen molar-refractivity contribution in [2.24, 2.45) is 17.4 Å². The van der Waals surface area contributed by atoms with Crippen molar-refractivity contribution in [3.8, 4) is 0 Å². The van der Waals surface area contributed by atoms with E-state index >= 15 is 0 Å². The van der Waals surface area contributed by atoms with Crippen LogP contribution in [0.5, 0.6) is 0 Å². The maximum Gasteiger partial charge on any atom is 0.326 e. The molecule has 6 heteroatoms. The second kappa shape index (κ2) is 7.75. The van der Waals surface area contributed by atoms with Gasteiger partial charge in [-0.1, -0.05) is 38.1 Å². The standard InChI is InChI=1S/C15H23N3O3/c1-9(2)13(17)14(19)18-12(15(20)21)7-10-4-3-5-11(6-10)8-16/h3-6,9,12-13H,7-8,16-17H2,1-2H3,(H,18,19)(H,20,21)/t12-,13-/m0/s1. The van der Waals surface area contributed by atoms with Gasteiger partial charge >= 0.3 is 5.97 Å². The molecule has 0 aromatic heterocycles. The van der Waals surface area contributed by atoms with Gasteiger partial charge in [-0.25, -0.2) is 4.79 Å². The van der Waals surface area contributed by atoms with Crippen LogP contribution in [0.25, 0.3) is 0 Å². The summed E-state index contributed by atoms with van der Waals surface area (Å²) in [7, 11) is 0. The van der Waals surface area contributed by atoms with E-state index in [0.717, 1.165) is 11.1 Å². The second-order valence-electron chi connectivity index (χ2n) is 5.40. The van der Waals surface area contributed by atoms with Gasteiger partial charge in [-0.2, -0.15) is 0 Å². The molecule has 0 aliphatic rings. The third kappa shape index (κ3) is 5.17. The van der Waals surface area contributed by atoms with E-state index in [9.17, 15) is 14.7 Å². The average molecular weight is 293 g/mol. The molecule has 0 spiro atoms. The van der Waals surface area contributed by atoms with Crippen LogP contribution < -0.4 is 16.8 Å². The molecular formula is C15H23N3O3. The van der Waals surface area contributed by atoms with Crippen molar-refractivity contribution >= 4 is 11.9 Å². The van der Waals surface area contributed by atoms with Crippen LogP contribution in [0.2, 0.25) is 0 Å². The normalized spacial score (nSPS) is 13.8. The summed E-state index contributed by atoms with van der Waals surface area (Å²) in [4.78, 5) is 23.2. The zero-order chi connectivity index (χ0) is 16.0. The number of carboxylic acids is 1. The van der Waals surface area contributed by atoms with Gasteiger partial charge in [0.1, 0.15) is 6.04 Å². The first kappa shape index (κ1) is 17.1. The zero-order valence-corrected chi connectivity index (χ0v) is 12.4. The Kier molecular flexibility index (Phi) is 6.33. The van der Waals surface area contributed by atoms with Gasteiger partial charge in [-0.05, 0) is 17.0 Å². The van der Waals surface area contributed by atoms with Crippen molar-refractivity contribution in [2.45, 2.75) is 38.9 Å². The number of carbonyl (C=O) groups is 2. The van der Waals surface area contributed by atoms with Crippen LogP contribution in [0.15, 0.2) is 24.3 Å². The highest BCUT2D eigenvalue weighted by Gasteiger charge is 2.25. The van der Waals surface area contributed by atoms with Gasteiger partial charge < -0.3 is 21.9 Å². The number of aliphatic carboxylic acids is 1. The molecule has 2 atom stereocenters. The van der Waals surface area contributed by atoms with Crippen molar-refractivity contribution in [1.29, 1.82) is 0 Å². The molecule has 1 amide bonds. The minimum absolute atomic E-state index is 0.0555. The predicted molar refractivity (Wildman–Crippen MR) is 80.4 cm³/mol. The molecule has 0 aliphatic heterocycles. The third-order valence-electron chi connectivity index (χ3n) is 3.30. The lowest BCUT2D eigenvalue weighted by molar-refractivity contribution is -0.142. The number of nitrogens with one attached hydrogen (secondary N) is 1. The number of carbonyl (C=O) groups excluding carboxylic acids is 1. The molecule has 0 unspecified atom stereocenters. The van der Waals surface area contributed by atoms with E-state index < -0.39 is 24.0 Å². The monoisotopic (exact) mass is 293 g/mol. The Morgan fingerprint density at radius 2 is 1.90 bits per heavy atom. The zero-order valence-electron chi connectivity index (χ0n) is 12.4. The van der Waals surface area contributed by atoms with Gasteiger partial charge in [0.2, 0.25) is 5.91 Å². The Hall–Kier alpha value is -1.92.